The van der Waals surface area contributed by atoms with E-state index in [1.165, 1.54) is 0 Å². The first kappa shape index (κ1) is 13.8. The van der Waals surface area contributed by atoms with Crippen LogP contribution in [0.5, 0.6) is 0 Å². The first-order valence-electron chi connectivity index (χ1n) is 6.55. The van der Waals surface area contributed by atoms with Gasteiger partial charge in [-0.25, -0.2) is 0 Å². The fourth-order valence-electron chi connectivity index (χ4n) is 1.96. The second-order valence-electron chi connectivity index (χ2n) is 4.73. The fourth-order valence-corrected chi connectivity index (χ4v) is 1.96. The molecule has 1 aromatic rings. The Labute approximate surface area is 113 Å². The molecule has 2 rings (SSSR count). The second-order valence-corrected chi connectivity index (χ2v) is 4.73. The highest BCUT2D eigenvalue weighted by atomic mass is 16.5. The molecule has 0 radical (unpaired) electrons. The van der Waals surface area contributed by atoms with Crippen molar-refractivity contribution in [3.8, 4) is 0 Å². The fraction of sp³-hybridized carbons (Fsp3) is 0.500. The van der Waals surface area contributed by atoms with Gasteiger partial charge in [0, 0.05) is 18.0 Å². The number of nitrogens with one attached hydrogen (secondary N) is 1. The zero-order chi connectivity index (χ0) is 13.7. The Kier molecular flexibility index (Phi) is 4.76. The smallest absolute Gasteiger partial charge is 0.253 e. The molecule has 5 nitrogen and oxygen atoms in total. The standard InChI is InChI=1S/C14H20N2O3/c1-10(19-9-13-6-3-7-18-13)14(17)16-12-5-2-4-11(15)8-12/h2,4-5,8,10,13H,3,6-7,9,15H2,1H3,(H,16,17). The monoisotopic (exact) mass is 264 g/mol. The Bertz CT molecular complexity index is 430. The van der Waals surface area contributed by atoms with Gasteiger partial charge in [-0.15, -0.1) is 0 Å². The van der Waals surface area contributed by atoms with Gasteiger partial charge in [0.1, 0.15) is 6.10 Å². The molecule has 0 aromatic heterocycles. The van der Waals surface area contributed by atoms with Crippen molar-refractivity contribution in [2.75, 3.05) is 24.3 Å². The van der Waals surface area contributed by atoms with Crippen molar-refractivity contribution in [2.24, 2.45) is 0 Å². The SMILES string of the molecule is CC(OCC1CCCO1)C(=O)Nc1cccc(N)c1. The van der Waals surface area contributed by atoms with Gasteiger partial charge in [-0.3, -0.25) is 4.79 Å². The van der Waals surface area contributed by atoms with Crippen LogP contribution in [0.15, 0.2) is 24.3 Å². The summed E-state index contributed by atoms with van der Waals surface area (Å²) in [4.78, 5) is 11.9. The molecular weight excluding hydrogens is 244 g/mol. The second kappa shape index (κ2) is 6.54. The van der Waals surface area contributed by atoms with E-state index in [0.29, 0.717) is 18.0 Å². The zero-order valence-electron chi connectivity index (χ0n) is 11.1. The number of nitrogen functional groups attached to an aromatic ring is 1. The third-order valence-corrected chi connectivity index (χ3v) is 3.08. The van der Waals surface area contributed by atoms with Gasteiger partial charge in [0.05, 0.1) is 12.7 Å². The molecule has 19 heavy (non-hydrogen) atoms. The van der Waals surface area contributed by atoms with E-state index < -0.39 is 6.10 Å². The highest BCUT2D eigenvalue weighted by Gasteiger charge is 2.19. The van der Waals surface area contributed by atoms with E-state index in [-0.39, 0.29) is 12.0 Å². The Morgan fingerprint density at radius 2 is 2.47 bits per heavy atom. The van der Waals surface area contributed by atoms with Gasteiger partial charge in [0.2, 0.25) is 0 Å². The van der Waals surface area contributed by atoms with Crippen molar-refractivity contribution in [3.63, 3.8) is 0 Å². The summed E-state index contributed by atoms with van der Waals surface area (Å²) in [6.07, 6.45) is 1.69. The molecule has 1 amide bonds. The zero-order valence-corrected chi connectivity index (χ0v) is 11.1. The molecule has 104 valence electrons. The van der Waals surface area contributed by atoms with E-state index in [1.54, 1.807) is 31.2 Å². The van der Waals surface area contributed by atoms with E-state index in [4.69, 9.17) is 15.2 Å². The first-order chi connectivity index (χ1) is 9.15. The van der Waals surface area contributed by atoms with Gasteiger partial charge in [0.15, 0.2) is 0 Å². The van der Waals surface area contributed by atoms with Gasteiger partial charge in [-0.1, -0.05) is 6.07 Å². The lowest BCUT2D eigenvalue weighted by Crippen LogP contribution is -2.30. The largest absolute Gasteiger partial charge is 0.399 e. The van der Waals surface area contributed by atoms with Crippen molar-refractivity contribution in [3.05, 3.63) is 24.3 Å². The van der Waals surface area contributed by atoms with Crippen molar-refractivity contribution in [1.29, 1.82) is 0 Å². The number of anilines is 2. The predicted octanol–water partition coefficient (Wildman–Crippen LogP) is 1.79. The van der Waals surface area contributed by atoms with Crippen LogP contribution in [-0.4, -0.2) is 31.3 Å². The molecular formula is C14H20N2O3. The van der Waals surface area contributed by atoms with Gasteiger partial charge >= 0.3 is 0 Å². The molecule has 1 fully saturated rings. The molecule has 1 saturated heterocycles. The summed E-state index contributed by atoms with van der Waals surface area (Å²) >= 11 is 0. The summed E-state index contributed by atoms with van der Waals surface area (Å²) < 4.78 is 11.0. The van der Waals surface area contributed by atoms with Crippen molar-refractivity contribution in [1.82, 2.24) is 0 Å². The number of nitrogens with two attached hydrogens (primary N) is 1. The summed E-state index contributed by atoms with van der Waals surface area (Å²) in [7, 11) is 0. The average molecular weight is 264 g/mol. The minimum atomic E-state index is -0.509. The number of benzene rings is 1. The van der Waals surface area contributed by atoms with Crippen LogP contribution >= 0.6 is 0 Å². The lowest BCUT2D eigenvalue weighted by atomic mass is 10.2. The molecule has 1 heterocycles. The molecule has 1 aromatic carbocycles. The van der Waals surface area contributed by atoms with E-state index >= 15 is 0 Å². The number of carbonyl (C=O) groups excluding carboxylic acids is 1. The minimum absolute atomic E-state index is 0.127. The van der Waals surface area contributed by atoms with Crippen molar-refractivity contribution in [2.45, 2.75) is 32.0 Å². The summed E-state index contributed by atoms with van der Waals surface area (Å²) in [5, 5.41) is 2.77. The quantitative estimate of drug-likeness (QED) is 0.795. The van der Waals surface area contributed by atoms with Crippen LogP contribution in [0, 0.1) is 0 Å². The van der Waals surface area contributed by atoms with Crippen LogP contribution in [0.2, 0.25) is 0 Å². The molecule has 0 spiro atoms. The first-order valence-corrected chi connectivity index (χ1v) is 6.55. The summed E-state index contributed by atoms with van der Waals surface area (Å²) in [5.41, 5.74) is 6.95. The third-order valence-electron chi connectivity index (χ3n) is 3.08. The highest BCUT2D eigenvalue weighted by Crippen LogP contribution is 2.14. The molecule has 1 aliphatic heterocycles. The van der Waals surface area contributed by atoms with Crippen LogP contribution in [0.4, 0.5) is 11.4 Å². The van der Waals surface area contributed by atoms with E-state index in [2.05, 4.69) is 5.32 Å². The Hall–Kier alpha value is -1.59. The van der Waals surface area contributed by atoms with Crippen LogP contribution in [-0.2, 0) is 14.3 Å². The van der Waals surface area contributed by atoms with Gasteiger partial charge < -0.3 is 20.5 Å². The molecule has 1 aliphatic rings. The summed E-state index contributed by atoms with van der Waals surface area (Å²) in [6, 6.07) is 7.07. The topological polar surface area (TPSA) is 73.6 Å². The summed E-state index contributed by atoms with van der Waals surface area (Å²) in [6.45, 7) is 2.99. The molecule has 0 saturated carbocycles. The van der Waals surface area contributed by atoms with E-state index in [9.17, 15) is 4.79 Å². The van der Waals surface area contributed by atoms with Gasteiger partial charge in [-0.05, 0) is 38.0 Å². The Balaban J connectivity index is 1.78. The van der Waals surface area contributed by atoms with Gasteiger partial charge in [0.25, 0.3) is 5.91 Å². The maximum Gasteiger partial charge on any atom is 0.253 e. The average Bonchev–Trinajstić information content (AvgIpc) is 2.89. The highest BCUT2D eigenvalue weighted by molar-refractivity contribution is 5.94. The number of hydrogen-bond acceptors (Lipinski definition) is 4. The predicted molar refractivity (Wildman–Crippen MR) is 73.9 cm³/mol. The molecule has 2 unspecified atom stereocenters. The minimum Gasteiger partial charge on any atom is -0.399 e. The van der Waals surface area contributed by atoms with Crippen molar-refractivity contribution >= 4 is 17.3 Å². The Morgan fingerprint density at radius 1 is 1.63 bits per heavy atom. The molecule has 5 heteroatoms. The number of carbonyl (C=O) groups is 1. The Morgan fingerprint density at radius 3 is 3.16 bits per heavy atom. The maximum atomic E-state index is 11.9. The van der Waals surface area contributed by atoms with Crippen LogP contribution in [0.25, 0.3) is 0 Å². The summed E-state index contributed by atoms with van der Waals surface area (Å²) in [5.74, 6) is -0.177. The van der Waals surface area contributed by atoms with Crippen LogP contribution < -0.4 is 11.1 Å². The number of rotatable bonds is 5. The van der Waals surface area contributed by atoms with Crippen LogP contribution in [0.3, 0.4) is 0 Å². The molecule has 3 N–H and O–H groups in total. The van der Waals surface area contributed by atoms with E-state index in [1.807, 2.05) is 0 Å². The molecule has 0 bridgehead atoms. The van der Waals surface area contributed by atoms with Crippen LogP contribution in [0.1, 0.15) is 19.8 Å². The molecule has 0 aliphatic carbocycles. The van der Waals surface area contributed by atoms with Crippen molar-refractivity contribution < 1.29 is 14.3 Å². The number of amides is 1. The number of hydrogen-bond donors (Lipinski definition) is 2. The lowest BCUT2D eigenvalue weighted by molar-refractivity contribution is -0.128. The maximum absolute atomic E-state index is 11.9. The molecule has 2 atom stereocenters. The van der Waals surface area contributed by atoms with Gasteiger partial charge in [-0.2, -0.15) is 0 Å². The van der Waals surface area contributed by atoms with E-state index in [0.717, 1.165) is 19.4 Å². The third kappa shape index (κ3) is 4.22. The number of ether oxygens (including phenoxy) is 2. The lowest BCUT2D eigenvalue weighted by Gasteiger charge is -2.16. The normalized spacial score (nSPS) is 20.2.